The van der Waals surface area contributed by atoms with Crippen molar-refractivity contribution in [2.75, 3.05) is 10.6 Å². The van der Waals surface area contributed by atoms with Gasteiger partial charge in [0.05, 0.1) is 6.54 Å². The Hall–Kier alpha value is -3.61. The molecule has 192 valence electrons. The number of nitrogens with zero attached hydrogens (tertiary/aromatic N) is 3. The van der Waals surface area contributed by atoms with Crippen molar-refractivity contribution in [2.24, 2.45) is 0 Å². The van der Waals surface area contributed by atoms with E-state index in [2.05, 4.69) is 70.0 Å². The van der Waals surface area contributed by atoms with E-state index in [1.807, 2.05) is 36.4 Å². The van der Waals surface area contributed by atoms with Gasteiger partial charge in [0.2, 0.25) is 0 Å². The monoisotopic (exact) mass is 539 g/mol. The Morgan fingerprint density at radius 2 is 1.74 bits per heavy atom. The number of hydrogen-bond donors (Lipinski definition) is 2. The number of para-hydroxylation sites is 1. The molecule has 0 spiro atoms. The molecule has 0 atom stereocenters. The standard InChI is InChI=1S/C31H30ClN5S/c1-20-10-12-22(13-11-20)28-25-8-5-6-18-36-27(19-33-24-16-14-23(32)15-17-24)35-37(31(25)36)29(28)30(38)34-26-9-4-3-7-21(26)2/h3-4,7,9-17,33H,5-6,8,18-19H2,1-2H3,(H,34,38). The molecule has 38 heavy (non-hydrogen) atoms. The van der Waals surface area contributed by atoms with E-state index in [1.54, 1.807) is 0 Å². The van der Waals surface area contributed by atoms with E-state index in [0.29, 0.717) is 11.5 Å². The first-order valence-electron chi connectivity index (χ1n) is 13.1. The summed E-state index contributed by atoms with van der Waals surface area (Å²) in [5, 5.41) is 13.0. The average molecular weight is 540 g/mol. The van der Waals surface area contributed by atoms with Crippen molar-refractivity contribution in [1.82, 2.24) is 14.2 Å². The summed E-state index contributed by atoms with van der Waals surface area (Å²) in [6.07, 6.45) is 3.24. The molecule has 0 saturated carbocycles. The molecule has 0 radical (unpaired) electrons. The molecule has 0 bridgehead atoms. The summed E-state index contributed by atoms with van der Waals surface area (Å²) in [5.41, 5.74) is 10.2. The highest BCUT2D eigenvalue weighted by Crippen LogP contribution is 2.37. The lowest BCUT2D eigenvalue weighted by molar-refractivity contribution is 0.619. The molecule has 7 heteroatoms. The average Bonchev–Trinajstić information content (AvgIpc) is 3.32. The van der Waals surface area contributed by atoms with Crippen LogP contribution in [0.2, 0.25) is 5.02 Å². The van der Waals surface area contributed by atoms with Gasteiger partial charge in [-0.2, -0.15) is 5.10 Å². The van der Waals surface area contributed by atoms with Crippen molar-refractivity contribution in [3.8, 4) is 11.1 Å². The lowest BCUT2D eigenvalue weighted by Gasteiger charge is -2.13. The summed E-state index contributed by atoms with van der Waals surface area (Å²) in [5.74, 6) is 0.994. The molecular formula is C31H30ClN5S. The van der Waals surface area contributed by atoms with Crippen LogP contribution in [0.25, 0.3) is 16.8 Å². The van der Waals surface area contributed by atoms with Gasteiger partial charge in [0.25, 0.3) is 0 Å². The van der Waals surface area contributed by atoms with Crippen LogP contribution in [0, 0.1) is 13.8 Å². The maximum absolute atomic E-state index is 6.11. The number of thiocarbonyl (C=S) groups is 1. The minimum Gasteiger partial charge on any atom is -0.378 e. The lowest BCUT2D eigenvalue weighted by atomic mass is 9.97. The summed E-state index contributed by atoms with van der Waals surface area (Å²) in [4.78, 5) is 0.679. The number of rotatable bonds is 6. The number of nitrogens with one attached hydrogen (secondary N) is 2. The van der Waals surface area contributed by atoms with Crippen LogP contribution in [0.4, 0.5) is 11.4 Å². The fourth-order valence-electron chi connectivity index (χ4n) is 5.32. The fourth-order valence-corrected chi connectivity index (χ4v) is 5.74. The predicted octanol–water partition coefficient (Wildman–Crippen LogP) is 7.81. The van der Waals surface area contributed by atoms with E-state index < -0.39 is 0 Å². The fraction of sp³-hybridized carbons (Fsp3) is 0.226. The highest BCUT2D eigenvalue weighted by atomic mass is 35.5. The van der Waals surface area contributed by atoms with Gasteiger partial charge in [-0.15, -0.1) is 0 Å². The Balaban J connectivity index is 1.49. The second-order valence-corrected chi connectivity index (χ2v) is 10.8. The topological polar surface area (TPSA) is 46.3 Å². The summed E-state index contributed by atoms with van der Waals surface area (Å²) in [6, 6.07) is 24.8. The van der Waals surface area contributed by atoms with Gasteiger partial charge in [-0.1, -0.05) is 71.8 Å². The van der Waals surface area contributed by atoms with Crippen LogP contribution in [0.15, 0.2) is 72.8 Å². The SMILES string of the molecule is Cc1ccc(-c2c3c4n(c(CNc5ccc(Cl)cc5)nn4c2C(=S)Nc2ccccc2C)CCCC3)cc1. The van der Waals surface area contributed by atoms with Crippen molar-refractivity contribution >= 4 is 45.8 Å². The zero-order chi connectivity index (χ0) is 26.2. The second kappa shape index (κ2) is 10.3. The van der Waals surface area contributed by atoms with Crippen molar-refractivity contribution in [3.63, 3.8) is 0 Å². The zero-order valence-corrected chi connectivity index (χ0v) is 23.2. The highest BCUT2D eigenvalue weighted by molar-refractivity contribution is 7.81. The van der Waals surface area contributed by atoms with Crippen LogP contribution in [0.3, 0.4) is 0 Å². The van der Waals surface area contributed by atoms with Crippen molar-refractivity contribution in [3.05, 3.63) is 106 Å². The zero-order valence-electron chi connectivity index (χ0n) is 21.6. The van der Waals surface area contributed by atoms with Gasteiger partial charge in [0.1, 0.15) is 16.3 Å². The first-order valence-corrected chi connectivity index (χ1v) is 13.8. The quantitative estimate of drug-likeness (QED) is 0.216. The van der Waals surface area contributed by atoms with Gasteiger partial charge in [-0.25, -0.2) is 4.52 Å². The molecule has 1 aliphatic rings. The molecule has 2 N–H and O–H groups in total. The number of aromatic nitrogens is 3. The predicted molar refractivity (Wildman–Crippen MR) is 162 cm³/mol. The Bertz CT molecular complexity index is 1630. The lowest BCUT2D eigenvalue weighted by Crippen LogP contribution is -2.15. The first kappa shape index (κ1) is 24.7. The van der Waals surface area contributed by atoms with E-state index >= 15 is 0 Å². The summed E-state index contributed by atoms with van der Waals surface area (Å²) >= 11 is 12.2. The highest BCUT2D eigenvalue weighted by Gasteiger charge is 2.29. The molecule has 0 unspecified atom stereocenters. The minimum atomic E-state index is 0.611. The van der Waals surface area contributed by atoms with E-state index in [9.17, 15) is 0 Å². The van der Waals surface area contributed by atoms with Crippen molar-refractivity contribution in [2.45, 2.75) is 46.2 Å². The molecule has 0 aliphatic carbocycles. The molecule has 2 aromatic heterocycles. The third-order valence-corrected chi connectivity index (χ3v) is 7.85. The Morgan fingerprint density at radius 1 is 0.974 bits per heavy atom. The molecule has 0 saturated heterocycles. The van der Waals surface area contributed by atoms with Crippen LogP contribution in [0.1, 0.15) is 41.1 Å². The van der Waals surface area contributed by atoms with Crippen molar-refractivity contribution < 1.29 is 0 Å². The van der Waals surface area contributed by atoms with Crippen LogP contribution in [-0.2, 0) is 19.5 Å². The summed E-state index contributed by atoms with van der Waals surface area (Å²) in [7, 11) is 0. The van der Waals surface area contributed by atoms with E-state index in [1.165, 1.54) is 22.3 Å². The van der Waals surface area contributed by atoms with Gasteiger partial charge in [0.15, 0.2) is 5.82 Å². The number of hydrogen-bond acceptors (Lipinski definition) is 3. The maximum atomic E-state index is 6.11. The van der Waals surface area contributed by atoms with E-state index in [4.69, 9.17) is 28.9 Å². The molecule has 0 amide bonds. The molecular weight excluding hydrogens is 510 g/mol. The van der Waals surface area contributed by atoms with Crippen LogP contribution >= 0.6 is 23.8 Å². The third-order valence-electron chi connectivity index (χ3n) is 7.31. The van der Waals surface area contributed by atoms with Crippen LogP contribution in [0.5, 0.6) is 0 Å². The molecule has 0 fully saturated rings. The largest absolute Gasteiger partial charge is 0.378 e. The van der Waals surface area contributed by atoms with E-state index in [-0.39, 0.29) is 0 Å². The van der Waals surface area contributed by atoms with Crippen LogP contribution in [-0.4, -0.2) is 19.2 Å². The third kappa shape index (κ3) is 4.59. The maximum Gasteiger partial charge on any atom is 0.150 e. The van der Waals surface area contributed by atoms with Gasteiger partial charge < -0.3 is 15.2 Å². The number of benzene rings is 3. The number of aryl methyl sites for hydroxylation is 4. The number of halogens is 1. The first-order chi connectivity index (χ1) is 18.5. The van der Waals surface area contributed by atoms with Gasteiger partial charge in [-0.3, -0.25) is 0 Å². The van der Waals surface area contributed by atoms with E-state index in [0.717, 1.165) is 64.9 Å². The molecule has 1 aliphatic heterocycles. The molecule has 5 aromatic rings. The minimum absolute atomic E-state index is 0.611. The van der Waals surface area contributed by atoms with Crippen LogP contribution < -0.4 is 10.6 Å². The number of anilines is 2. The Labute approximate surface area is 233 Å². The molecule has 5 nitrogen and oxygen atoms in total. The van der Waals surface area contributed by atoms with Gasteiger partial charge >= 0.3 is 0 Å². The molecule has 3 heterocycles. The Kier molecular flexibility index (Phi) is 6.68. The van der Waals surface area contributed by atoms with Crippen molar-refractivity contribution in [1.29, 1.82) is 0 Å². The normalized spacial score (nSPS) is 12.9. The second-order valence-electron chi connectivity index (χ2n) is 9.96. The van der Waals surface area contributed by atoms with Gasteiger partial charge in [0, 0.05) is 34.1 Å². The molecule has 3 aromatic carbocycles. The summed E-state index contributed by atoms with van der Waals surface area (Å²) < 4.78 is 4.46. The summed E-state index contributed by atoms with van der Waals surface area (Å²) in [6.45, 7) is 5.76. The Morgan fingerprint density at radius 3 is 2.50 bits per heavy atom. The molecule has 6 rings (SSSR count). The van der Waals surface area contributed by atoms with Gasteiger partial charge in [-0.05, 0) is 74.6 Å². The smallest absolute Gasteiger partial charge is 0.150 e.